The molecule has 94 valence electrons. The SMILES string of the molecule is O=C(OCc1ccccc1)c1ccc2nsnc2c1. The lowest BCUT2D eigenvalue weighted by Gasteiger charge is -2.04. The molecule has 0 fully saturated rings. The maximum atomic E-state index is 11.9. The predicted molar refractivity (Wildman–Crippen MR) is 73.0 cm³/mol. The van der Waals surface area contributed by atoms with E-state index >= 15 is 0 Å². The first kappa shape index (κ1) is 11.8. The van der Waals surface area contributed by atoms with E-state index < -0.39 is 0 Å². The van der Waals surface area contributed by atoms with Gasteiger partial charge in [-0.15, -0.1) is 0 Å². The maximum absolute atomic E-state index is 11.9. The van der Waals surface area contributed by atoms with Crippen LogP contribution in [0, 0.1) is 0 Å². The van der Waals surface area contributed by atoms with E-state index in [1.807, 2.05) is 30.3 Å². The highest BCUT2D eigenvalue weighted by molar-refractivity contribution is 7.00. The minimum atomic E-state index is -0.348. The molecular formula is C14H10N2O2S. The summed E-state index contributed by atoms with van der Waals surface area (Å²) in [5, 5.41) is 0. The lowest BCUT2D eigenvalue weighted by atomic mass is 10.2. The molecule has 1 aromatic heterocycles. The lowest BCUT2D eigenvalue weighted by Crippen LogP contribution is -2.05. The van der Waals surface area contributed by atoms with Crippen LogP contribution in [0.3, 0.4) is 0 Å². The minimum absolute atomic E-state index is 0.271. The number of carbonyl (C=O) groups is 1. The molecule has 0 aliphatic heterocycles. The Hall–Kier alpha value is -2.27. The van der Waals surface area contributed by atoms with Crippen LogP contribution in [-0.4, -0.2) is 14.7 Å². The standard InChI is InChI=1S/C14H10N2O2S/c17-14(18-9-10-4-2-1-3-5-10)11-6-7-12-13(8-11)16-19-15-12/h1-8H,9H2. The topological polar surface area (TPSA) is 52.1 Å². The first-order chi connectivity index (χ1) is 9.33. The van der Waals surface area contributed by atoms with Gasteiger partial charge in [0, 0.05) is 0 Å². The molecule has 1 heterocycles. The maximum Gasteiger partial charge on any atom is 0.338 e. The molecule has 2 aromatic carbocycles. The zero-order chi connectivity index (χ0) is 13.1. The Morgan fingerprint density at radius 1 is 1.05 bits per heavy atom. The first-order valence-electron chi connectivity index (χ1n) is 5.76. The van der Waals surface area contributed by atoms with Gasteiger partial charge in [-0.2, -0.15) is 8.75 Å². The molecule has 0 spiro atoms. The van der Waals surface area contributed by atoms with Crippen molar-refractivity contribution in [2.24, 2.45) is 0 Å². The highest BCUT2D eigenvalue weighted by Crippen LogP contribution is 2.14. The van der Waals surface area contributed by atoms with Crippen molar-refractivity contribution in [3.05, 3.63) is 59.7 Å². The van der Waals surface area contributed by atoms with Gasteiger partial charge in [-0.1, -0.05) is 30.3 Å². The molecule has 0 N–H and O–H groups in total. The third-order valence-electron chi connectivity index (χ3n) is 2.70. The van der Waals surface area contributed by atoms with Gasteiger partial charge in [0.1, 0.15) is 17.6 Å². The normalized spacial score (nSPS) is 10.5. The predicted octanol–water partition coefficient (Wildman–Crippen LogP) is 3.05. The highest BCUT2D eigenvalue weighted by Gasteiger charge is 2.09. The summed E-state index contributed by atoms with van der Waals surface area (Å²) in [5.74, 6) is -0.348. The van der Waals surface area contributed by atoms with Gasteiger partial charge in [-0.3, -0.25) is 0 Å². The number of hydrogen-bond acceptors (Lipinski definition) is 5. The van der Waals surface area contributed by atoms with Crippen molar-refractivity contribution in [1.82, 2.24) is 8.75 Å². The molecule has 0 radical (unpaired) electrons. The van der Waals surface area contributed by atoms with Crippen molar-refractivity contribution >= 4 is 28.7 Å². The van der Waals surface area contributed by atoms with Crippen LogP contribution >= 0.6 is 11.7 Å². The fourth-order valence-electron chi connectivity index (χ4n) is 1.72. The third-order valence-corrected chi connectivity index (χ3v) is 3.26. The number of rotatable bonds is 3. The van der Waals surface area contributed by atoms with Crippen LogP contribution in [0.4, 0.5) is 0 Å². The average molecular weight is 270 g/mol. The fourth-order valence-corrected chi connectivity index (χ4v) is 2.23. The van der Waals surface area contributed by atoms with Gasteiger partial charge in [0.2, 0.25) is 0 Å². The average Bonchev–Trinajstić information content (AvgIpc) is 2.93. The molecule has 3 aromatic rings. The van der Waals surface area contributed by atoms with Gasteiger partial charge in [0.25, 0.3) is 0 Å². The fraction of sp³-hybridized carbons (Fsp3) is 0.0714. The van der Waals surface area contributed by atoms with Crippen molar-refractivity contribution in [3.8, 4) is 0 Å². The monoisotopic (exact) mass is 270 g/mol. The molecule has 0 saturated heterocycles. The van der Waals surface area contributed by atoms with Gasteiger partial charge < -0.3 is 4.74 Å². The molecule has 0 amide bonds. The summed E-state index contributed by atoms with van der Waals surface area (Å²) < 4.78 is 13.4. The van der Waals surface area contributed by atoms with Crippen LogP contribution in [0.5, 0.6) is 0 Å². The van der Waals surface area contributed by atoms with Crippen LogP contribution in [0.2, 0.25) is 0 Å². The van der Waals surface area contributed by atoms with Gasteiger partial charge in [-0.25, -0.2) is 4.79 Å². The summed E-state index contributed by atoms with van der Waals surface area (Å²) in [7, 11) is 0. The Morgan fingerprint density at radius 2 is 1.84 bits per heavy atom. The Balaban J connectivity index is 1.73. The molecule has 0 aliphatic rings. The van der Waals surface area contributed by atoms with Crippen molar-refractivity contribution in [1.29, 1.82) is 0 Å². The van der Waals surface area contributed by atoms with Gasteiger partial charge in [-0.05, 0) is 23.8 Å². The molecule has 0 unspecified atom stereocenters. The first-order valence-corrected chi connectivity index (χ1v) is 6.49. The zero-order valence-corrected chi connectivity index (χ0v) is 10.8. The number of aromatic nitrogens is 2. The number of hydrogen-bond donors (Lipinski definition) is 0. The molecule has 5 heteroatoms. The Labute approximate surface area is 114 Å². The van der Waals surface area contributed by atoms with E-state index in [0.29, 0.717) is 5.56 Å². The molecular weight excluding hydrogens is 260 g/mol. The molecule has 3 rings (SSSR count). The number of fused-ring (bicyclic) bond motifs is 1. The second kappa shape index (κ2) is 5.16. The van der Waals surface area contributed by atoms with Gasteiger partial charge in [0.05, 0.1) is 17.3 Å². The number of esters is 1. The van der Waals surface area contributed by atoms with E-state index in [-0.39, 0.29) is 12.6 Å². The molecule has 0 atom stereocenters. The van der Waals surface area contributed by atoms with Gasteiger partial charge in [0.15, 0.2) is 0 Å². The lowest BCUT2D eigenvalue weighted by molar-refractivity contribution is 0.0473. The summed E-state index contributed by atoms with van der Waals surface area (Å²) in [5.41, 5.74) is 2.98. The van der Waals surface area contributed by atoms with E-state index in [9.17, 15) is 4.79 Å². The number of benzene rings is 2. The van der Waals surface area contributed by atoms with Crippen molar-refractivity contribution < 1.29 is 9.53 Å². The van der Waals surface area contributed by atoms with Crippen molar-refractivity contribution in [2.75, 3.05) is 0 Å². The summed E-state index contributed by atoms with van der Waals surface area (Å²) in [6.45, 7) is 0.271. The number of nitrogens with zero attached hydrogens (tertiary/aromatic N) is 2. The molecule has 19 heavy (non-hydrogen) atoms. The minimum Gasteiger partial charge on any atom is -0.457 e. The van der Waals surface area contributed by atoms with Crippen molar-refractivity contribution in [3.63, 3.8) is 0 Å². The van der Waals surface area contributed by atoms with Gasteiger partial charge >= 0.3 is 5.97 Å². The second-order valence-electron chi connectivity index (χ2n) is 4.03. The smallest absolute Gasteiger partial charge is 0.338 e. The summed E-state index contributed by atoms with van der Waals surface area (Å²) in [4.78, 5) is 11.9. The van der Waals surface area contributed by atoms with Crippen LogP contribution in [0.1, 0.15) is 15.9 Å². The van der Waals surface area contributed by atoms with E-state index in [1.165, 1.54) is 0 Å². The third kappa shape index (κ3) is 2.61. The van der Waals surface area contributed by atoms with Crippen LogP contribution in [0.25, 0.3) is 11.0 Å². The summed E-state index contributed by atoms with van der Waals surface area (Å²) >= 11 is 1.13. The number of carbonyl (C=O) groups excluding carboxylic acids is 1. The Bertz CT molecular complexity index is 710. The van der Waals surface area contributed by atoms with Crippen LogP contribution < -0.4 is 0 Å². The van der Waals surface area contributed by atoms with Crippen LogP contribution in [-0.2, 0) is 11.3 Å². The van der Waals surface area contributed by atoms with Crippen molar-refractivity contribution in [2.45, 2.75) is 6.61 Å². The Morgan fingerprint density at radius 3 is 2.68 bits per heavy atom. The molecule has 0 bridgehead atoms. The number of ether oxygens (including phenoxy) is 1. The molecule has 0 aliphatic carbocycles. The van der Waals surface area contributed by atoms with Crippen LogP contribution in [0.15, 0.2) is 48.5 Å². The second-order valence-corrected chi connectivity index (χ2v) is 4.56. The molecule has 0 saturated carbocycles. The summed E-state index contributed by atoms with van der Waals surface area (Å²) in [6, 6.07) is 14.8. The van der Waals surface area contributed by atoms with E-state index in [4.69, 9.17) is 4.74 Å². The van der Waals surface area contributed by atoms with E-state index in [0.717, 1.165) is 28.3 Å². The molecule has 4 nitrogen and oxygen atoms in total. The largest absolute Gasteiger partial charge is 0.457 e. The van der Waals surface area contributed by atoms with E-state index in [2.05, 4.69) is 8.75 Å². The quantitative estimate of drug-likeness (QED) is 0.686. The Kier molecular flexibility index (Phi) is 3.20. The zero-order valence-electron chi connectivity index (χ0n) is 9.95. The van der Waals surface area contributed by atoms with E-state index in [1.54, 1.807) is 18.2 Å². The highest BCUT2D eigenvalue weighted by atomic mass is 32.1. The summed E-state index contributed by atoms with van der Waals surface area (Å²) in [6.07, 6.45) is 0.